The first-order chi connectivity index (χ1) is 12.1. The molecule has 3 heterocycles. The van der Waals surface area contributed by atoms with Crippen molar-refractivity contribution in [2.45, 2.75) is 52.2 Å². The number of hydrogen-bond acceptors (Lipinski definition) is 5. The van der Waals surface area contributed by atoms with Gasteiger partial charge in [-0.1, -0.05) is 0 Å². The molecule has 1 aliphatic heterocycles. The summed E-state index contributed by atoms with van der Waals surface area (Å²) in [5.74, 6) is 1.08. The second-order valence-electron chi connectivity index (χ2n) is 7.16. The van der Waals surface area contributed by atoms with Gasteiger partial charge in [0.15, 0.2) is 0 Å². The first kappa shape index (κ1) is 16.7. The fraction of sp³-hybridized carbons (Fsp3) is 0.611. The molecule has 2 fully saturated rings. The molecule has 0 aromatic carbocycles. The lowest BCUT2D eigenvalue weighted by Crippen LogP contribution is -2.39. The van der Waals surface area contributed by atoms with Gasteiger partial charge in [-0.3, -0.25) is 4.79 Å². The van der Waals surface area contributed by atoms with Gasteiger partial charge >= 0.3 is 0 Å². The highest BCUT2D eigenvalue weighted by molar-refractivity contribution is 7.11. The van der Waals surface area contributed by atoms with Crippen molar-refractivity contribution in [3.8, 4) is 0 Å². The van der Waals surface area contributed by atoms with Crippen LogP contribution >= 0.6 is 11.3 Å². The van der Waals surface area contributed by atoms with Crippen LogP contribution in [0, 0.1) is 12.3 Å². The standard InChI is InChI=1S/C18H25N5OS/c1-3-22-9-8-20-15(22)11-23(17(24)16-13(2)21-12-25-16)14-10-18(14)4-6-19-7-5-18/h8-9,12,14,19H,3-7,10-11H2,1-2H3/t14-/m0/s1. The molecule has 25 heavy (non-hydrogen) atoms. The Morgan fingerprint density at radius 1 is 1.44 bits per heavy atom. The molecule has 1 aliphatic carbocycles. The smallest absolute Gasteiger partial charge is 0.266 e. The molecule has 4 rings (SSSR count). The summed E-state index contributed by atoms with van der Waals surface area (Å²) in [7, 11) is 0. The summed E-state index contributed by atoms with van der Waals surface area (Å²) in [6.45, 7) is 7.59. The van der Waals surface area contributed by atoms with E-state index in [4.69, 9.17) is 0 Å². The summed E-state index contributed by atoms with van der Waals surface area (Å²) in [5.41, 5.74) is 2.91. The topological polar surface area (TPSA) is 63.1 Å². The molecule has 6 nitrogen and oxygen atoms in total. The Kier molecular flexibility index (Phi) is 4.37. The number of nitrogens with one attached hydrogen (secondary N) is 1. The first-order valence-electron chi connectivity index (χ1n) is 9.06. The van der Waals surface area contributed by atoms with E-state index in [0.29, 0.717) is 18.0 Å². The predicted molar refractivity (Wildman–Crippen MR) is 97.6 cm³/mol. The molecule has 1 amide bonds. The Morgan fingerprint density at radius 2 is 2.24 bits per heavy atom. The van der Waals surface area contributed by atoms with Crippen LogP contribution < -0.4 is 5.32 Å². The van der Waals surface area contributed by atoms with Crippen LogP contribution in [-0.4, -0.2) is 44.5 Å². The lowest BCUT2D eigenvalue weighted by atomic mass is 9.93. The average Bonchev–Trinajstić information content (AvgIpc) is 2.99. The number of rotatable bonds is 5. The Labute approximate surface area is 152 Å². The molecule has 1 saturated heterocycles. The van der Waals surface area contributed by atoms with Crippen molar-refractivity contribution in [3.63, 3.8) is 0 Å². The van der Waals surface area contributed by atoms with E-state index in [1.165, 1.54) is 11.3 Å². The number of carbonyl (C=O) groups is 1. The molecular formula is C18H25N5OS. The average molecular weight is 359 g/mol. The maximum absolute atomic E-state index is 13.3. The van der Waals surface area contributed by atoms with Crippen LogP contribution in [0.15, 0.2) is 17.9 Å². The predicted octanol–water partition coefficient (Wildman–Crippen LogP) is 2.45. The third-order valence-corrected chi connectivity index (χ3v) is 6.69. The maximum Gasteiger partial charge on any atom is 0.266 e. The lowest BCUT2D eigenvalue weighted by molar-refractivity contribution is 0.0689. The number of aromatic nitrogens is 3. The van der Waals surface area contributed by atoms with Gasteiger partial charge in [-0.25, -0.2) is 9.97 Å². The highest BCUT2D eigenvalue weighted by Gasteiger charge is 2.58. The zero-order valence-corrected chi connectivity index (χ0v) is 15.7. The second-order valence-corrected chi connectivity index (χ2v) is 8.02. The van der Waals surface area contributed by atoms with E-state index in [-0.39, 0.29) is 5.91 Å². The van der Waals surface area contributed by atoms with Gasteiger partial charge in [-0.05, 0) is 51.6 Å². The van der Waals surface area contributed by atoms with E-state index < -0.39 is 0 Å². The minimum Gasteiger partial charge on any atom is -0.334 e. The number of hydrogen-bond donors (Lipinski definition) is 1. The van der Waals surface area contributed by atoms with E-state index >= 15 is 0 Å². The number of thiazole rings is 1. The molecule has 1 atom stereocenters. The molecule has 1 saturated carbocycles. The minimum absolute atomic E-state index is 0.117. The van der Waals surface area contributed by atoms with Crippen LogP contribution in [-0.2, 0) is 13.1 Å². The number of carbonyl (C=O) groups excluding carboxylic acids is 1. The van der Waals surface area contributed by atoms with Crippen molar-refractivity contribution >= 4 is 17.2 Å². The minimum atomic E-state index is 0.117. The summed E-state index contributed by atoms with van der Waals surface area (Å²) >= 11 is 1.45. The van der Waals surface area contributed by atoms with Crippen molar-refractivity contribution in [1.82, 2.24) is 24.8 Å². The zero-order valence-electron chi connectivity index (χ0n) is 14.9. The SMILES string of the molecule is CCn1ccnc1CN(C(=O)c1scnc1C)[C@H]1CC12CCNCC2. The Morgan fingerprint density at radius 3 is 2.92 bits per heavy atom. The molecular weight excluding hydrogens is 334 g/mol. The second kappa shape index (κ2) is 6.53. The molecule has 0 unspecified atom stereocenters. The summed E-state index contributed by atoms with van der Waals surface area (Å²) in [6, 6.07) is 0.325. The third-order valence-electron chi connectivity index (χ3n) is 5.78. The number of amides is 1. The quantitative estimate of drug-likeness (QED) is 0.891. The summed E-state index contributed by atoms with van der Waals surface area (Å²) in [4.78, 5) is 24.9. The van der Waals surface area contributed by atoms with Gasteiger partial charge in [0, 0.05) is 25.0 Å². The van der Waals surface area contributed by atoms with Gasteiger partial charge in [-0.2, -0.15) is 0 Å². The van der Waals surface area contributed by atoms with Crippen molar-refractivity contribution in [3.05, 3.63) is 34.3 Å². The van der Waals surface area contributed by atoms with E-state index in [0.717, 1.165) is 55.3 Å². The van der Waals surface area contributed by atoms with Crippen LogP contribution in [0.25, 0.3) is 0 Å². The normalized spacial score (nSPS) is 21.4. The highest BCUT2D eigenvalue weighted by Crippen LogP contribution is 2.56. The largest absolute Gasteiger partial charge is 0.334 e. The van der Waals surface area contributed by atoms with Gasteiger partial charge in [0.2, 0.25) is 0 Å². The van der Waals surface area contributed by atoms with Gasteiger partial charge in [0.05, 0.1) is 17.7 Å². The number of aryl methyl sites for hydroxylation is 2. The highest BCUT2D eigenvalue weighted by atomic mass is 32.1. The molecule has 134 valence electrons. The van der Waals surface area contributed by atoms with Crippen LogP contribution in [0.4, 0.5) is 0 Å². The molecule has 0 radical (unpaired) electrons. The summed E-state index contributed by atoms with van der Waals surface area (Å²) in [5, 5.41) is 3.44. The fourth-order valence-corrected chi connectivity index (χ4v) is 4.88. The molecule has 1 spiro atoms. The Hall–Kier alpha value is -1.73. The van der Waals surface area contributed by atoms with Crippen LogP contribution in [0.1, 0.15) is 47.4 Å². The van der Waals surface area contributed by atoms with Crippen molar-refractivity contribution < 1.29 is 4.79 Å². The first-order valence-corrected chi connectivity index (χ1v) is 9.94. The van der Waals surface area contributed by atoms with Crippen LogP contribution in [0.2, 0.25) is 0 Å². The van der Waals surface area contributed by atoms with Gasteiger partial charge in [-0.15, -0.1) is 11.3 Å². The zero-order chi connectivity index (χ0) is 17.4. The molecule has 2 aromatic heterocycles. The van der Waals surface area contributed by atoms with Crippen molar-refractivity contribution in [2.24, 2.45) is 5.41 Å². The molecule has 2 aliphatic rings. The fourth-order valence-electron chi connectivity index (χ4n) is 4.12. The number of imidazole rings is 1. The summed E-state index contributed by atoms with van der Waals surface area (Å²) < 4.78 is 2.12. The number of nitrogens with zero attached hydrogens (tertiary/aromatic N) is 4. The summed E-state index contributed by atoms with van der Waals surface area (Å²) in [6.07, 6.45) is 7.25. The van der Waals surface area contributed by atoms with Gasteiger partial charge < -0.3 is 14.8 Å². The van der Waals surface area contributed by atoms with Crippen LogP contribution in [0.5, 0.6) is 0 Å². The van der Waals surface area contributed by atoms with Crippen molar-refractivity contribution in [2.75, 3.05) is 13.1 Å². The van der Waals surface area contributed by atoms with Crippen LogP contribution in [0.3, 0.4) is 0 Å². The third kappa shape index (κ3) is 3.00. The van der Waals surface area contributed by atoms with Gasteiger partial charge in [0.1, 0.15) is 10.7 Å². The molecule has 2 aromatic rings. The van der Waals surface area contributed by atoms with E-state index in [9.17, 15) is 4.79 Å². The molecule has 7 heteroatoms. The van der Waals surface area contributed by atoms with Gasteiger partial charge in [0.25, 0.3) is 5.91 Å². The molecule has 1 N–H and O–H groups in total. The maximum atomic E-state index is 13.3. The van der Waals surface area contributed by atoms with E-state index in [2.05, 4.69) is 31.7 Å². The van der Waals surface area contributed by atoms with Crippen molar-refractivity contribution in [1.29, 1.82) is 0 Å². The molecule has 0 bridgehead atoms. The Balaban J connectivity index is 1.62. The Bertz CT molecular complexity index is 761. The number of piperidine rings is 1. The monoisotopic (exact) mass is 359 g/mol. The van der Waals surface area contributed by atoms with E-state index in [1.807, 2.05) is 19.3 Å². The van der Waals surface area contributed by atoms with E-state index in [1.54, 1.807) is 5.51 Å². The lowest BCUT2D eigenvalue weighted by Gasteiger charge is -2.29.